The molecule has 0 saturated heterocycles. The SMILES string of the molecule is NC(=O)[C@@H](CCCN=C(N)N[N+](=O)[O-])N(Cc1ccc2ncccc2c1)C(=O)C(c1ccccc1)c1ccccc1. The van der Waals surface area contributed by atoms with Crippen molar-refractivity contribution in [3.05, 3.63) is 124 Å². The lowest BCUT2D eigenvalue weighted by Gasteiger charge is -2.33. The van der Waals surface area contributed by atoms with E-state index < -0.39 is 22.9 Å². The van der Waals surface area contributed by atoms with Crippen LogP contribution in [0.15, 0.2) is 102 Å². The molecule has 3 aromatic carbocycles. The lowest BCUT2D eigenvalue weighted by molar-refractivity contribution is -0.525. The van der Waals surface area contributed by atoms with Gasteiger partial charge in [0.1, 0.15) is 6.04 Å². The molecule has 0 aliphatic rings. The smallest absolute Gasteiger partial charge is 0.251 e. The molecule has 1 aromatic heterocycles. The Balaban J connectivity index is 1.70. The van der Waals surface area contributed by atoms with Gasteiger partial charge in [-0.15, -0.1) is 0 Å². The van der Waals surface area contributed by atoms with Crippen LogP contribution in [0, 0.1) is 10.1 Å². The first-order chi connectivity index (χ1) is 19.8. The summed E-state index contributed by atoms with van der Waals surface area (Å²) in [4.78, 5) is 47.8. The molecular weight excluding hydrogens is 522 g/mol. The Hall–Kier alpha value is -5.32. The zero-order valence-electron chi connectivity index (χ0n) is 22.3. The van der Waals surface area contributed by atoms with Crippen LogP contribution in [0.4, 0.5) is 0 Å². The molecule has 0 unspecified atom stereocenters. The molecule has 1 heterocycles. The molecule has 0 bridgehead atoms. The van der Waals surface area contributed by atoms with Gasteiger partial charge in [-0.3, -0.25) is 14.6 Å². The maximum absolute atomic E-state index is 14.5. The van der Waals surface area contributed by atoms with Gasteiger partial charge in [0.05, 0.1) is 11.4 Å². The highest BCUT2D eigenvalue weighted by Crippen LogP contribution is 2.29. The van der Waals surface area contributed by atoms with Gasteiger partial charge in [0.15, 0.2) is 5.03 Å². The Bertz CT molecular complexity index is 1490. The minimum atomic E-state index is -0.970. The molecule has 1 atom stereocenters. The molecule has 11 nitrogen and oxygen atoms in total. The van der Waals surface area contributed by atoms with Gasteiger partial charge in [-0.25, -0.2) is 15.1 Å². The maximum atomic E-state index is 14.5. The largest absolute Gasteiger partial charge is 0.368 e. The molecule has 0 aliphatic heterocycles. The average Bonchev–Trinajstić information content (AvgIpc) is 2.97. The summed E-state index contributed by atoms with van der Waals surface area (Å²) in [6, 6.07) is 27.2. The molecule has 0 fully saturated rings. The number of nitrogens with two attached hydrogens (primary N) is 2. The third kappa shape index (κ3) is 7.63. The van der Waals surface area contributed by atoms with E-state index in [0.717, 1.165) is 27.6 Å². The number of rotatable bonds is 12. The highest BCUT2D eigenvalue weighted by Gasteiger charge is 2.34. The number of hydrazine groups is 1. The maximum Gasteiger partial charge on any atom is 0.251 e. The fourth-order valence-electron chi connectivity index (χ4n) is 4.76. The van der Waals surface area contributed by atoms with Gasteiger partial charge < -0.3 is 16.4 Å². The lowest BCUT2D eigenvalue weighted by atomic mass is 9.89. The van der Waals surface area contributed by atoms with E-state index in [4.69, 9.17) is 11.5 Å². The first kappa shape index (κ1) is 28.7. The number of guanidine groups is 1. The molecule has 11 heteroatoms. The second kappa shape index (κ2) is 13.7. The summed E-state index contributed by atoms with van der Waals surface area (Å²) >= 11 is 0. The first-order valence-electron chi connectivity index (χ1n) is 13.1. The number of primary amides is 1. The molecule has 0 radical (unpaired) electrons. The quantitative estimate of drug-likeness (QED) is 0.0795. The topological polar surface area (TPSA) is 170 Å². The zero-order valence-corrected chi connectivity index (χ0v) is 22.3. The molecule has 0 saturated carbocycles. The van der Waals surface area contributed by atoms with Crippen LogP contribution in [-0.4, -0.2) is 45.3 Å². The number of carbonyl (C=O) groups excluding carboxylic acids is 2. The number of nitrogens with one attached hydrogen (secondary N) is 1. The van der Waals surface area contributed by atoms with E-state index in [1.165, 1.54) is 4.90 Å². The zero-order chi connectivity index (χ0) is 29.2. The summed E-state index contributed by atoms with van der Waals surface area (Å²) in [6.45, 7) is 0.225. The predicted octanol–water partition coefficient (Wildman–Crippen LogP) is 3.13. The van der Waals surface area contributed by atoms with Gasteiger partial charge in [-0.2, -0.15) is 0 Å². The van der Waals surface area contributed by atoms with Crippen LogP contribution < -0.4 is 16.9 Å². The Morgan fingerprint density at radius 2 is 1.61 bits per heavy atom. The molecule has 210 valence electrons. The van der Waals surface area contributed by atoms with Crippen molar-refractivity contribution in [1.29, 1.82) is 0 Å². The summed E-state index contributed by atoms with van der Waals surface area (Å²) in [5, 5.41) is 10.7. The van der Waals surface area contributed by atoms with Crippen molar-refractivity contribution >= 4 is 28.7 Å². The number of hydrogen-bond acceptors (Lipinski definition) is 6. The monoisotopic (exact) mass is 553 g/mol. The van der Waals surface area contributed by atoms with Crippen molar-refractivity contribution in [1.82, 2.24) is 15.3 Å². The molecule has 0 aliphatic carbocycles. The highest BCUT2D eigenvalue weighted by molar-refractivity contribution is 5.92. The number of nitrogens with zero attached hydrogens (tertiary/aromatic N) is 4. The van der Waals surface area contributed by atoms with Gasteiger partial charge in [0, 0.05) is 24.7 Å². The van der Waals surface area contributed by atoms with Crippen LogP contribution in [0.1, 0.15) is 35.4 Å². The summed E-state index contributed by atoms with van der Waals surface area (Å²) in [5.74, 6) is -1.98. The Morgan fingerprint density at radius 1 is 0.951 bits per heavy atom. The van der Waals surface area contributed by atoms with Crippen LogP contribution >= 0.6 is 0 Å². The van der Waals surface area contributed by atoms with Crippen molar-refractivity contribution in [2.75, 3.05) is 6.54 Å². The van der Waals surface area contributed by atoms with Gasteiger partial charge in [0.2, 0.25) is 11.8 Å². The normalized spacial score (nSPS) is 12.2. The van der Waals surface area contributed by atoms with Gasteiger partial charge in [-0.05, 0) is 47.7 Å². The average molecular weight is 554 g/mol. The van der Waals surface area contributed by atoms with Gasteiger partial charge in [0.25, 0.3) is 5.96 Å². The van der Waals surface area contributed by atoms with Crippen LogP contribution in [0.2, 0.25) is 0 Å². The number of fused-ring (bicyclic) bond motifs is 1. The number of hydrogen-bond donors (Lipinski definition) is 3. The minimum absolute atomic E-state index is 0.0981. The number of pyridine rings is 1. The van der Waals surface area contributed by atoms with Crippen LogP contribution in [0.5, 0.6) is 0 Å². The van der Waals surface area contributed by atoms with E-state index in [0.29, 0.717) is 6.42 Å². The first-order valence-corrected chi connectivity index (χ1v) is 13.1. The number of amides is 2. The number of aliphatic imine (C=N–C) groups is 1. The third-order valence-electron chi connectivity index (χ3n) is 6.64. The molecular formula is C30H31N7O4. The fourth-order valence-corrected chi connectivity index (χ4v) is 4.76. The predicted molar refractivity (Wildman–Crippen MR) is 156 cm³/mol. The van der Waals surface area contributed by atoms with Crippen molar-refractivity contribution in [3.63, 3.8) is 0 Å². The molecule has 4 aromatic rings. The molecule has 5 N–H and O–H groups in total. The Kier molecular flexibility index (Phi) is 9.55. The van der Waals surface area contributed by atoms with Crippen molar-refractivity contribution < 1.29 is 14.6 Å². The van der Waals surface area contributed by atoms with E-state index >= 15 is 0 Å². The fraction of sp³-hybridized carbons (Fsp3) is 0.200. The number of aromatic nitrogens is 1. The Labute approximate surface area is 237 Å². The lowest BCUT2D eigenvalue weighted by Crippen LogP contribution is -2.49. The van der Waals surface area contributed by atoms with Crippen LogP contribution in [0.25, 0.3) is 10.9 Å². The summed E-state index contributed by atoms with van der Waals surface area (Å²) in [7, 11) is 0. The molecule has 0 spiro atoms. The number of carbonyl (C=O) groups is 2. The van der Waals surface area contributed by atoms with Crippen LogP contribution in [-0.2, 0) is 16.1 Å². The summed E-state index contributed by atoms with van der Waals surface area (Å²) < 4.78 is 0. The second-order valence-corrected chi connectivity index (χ2v) is 9.45. The number of nitro groups is 1. The Morgan fingerprint density at radius 3 is 2.22 bits per heavy atom. The minimum Gasteiger partial charge on any atom is -0.368 e. The van der Waals surface area contributed by atoms with E-state index in [9.17, 15) is 19.7 Å². The van der Waals surface area contributed by atoms with Crippen molar-refractivity contribution in [3.8, 4) is 0 Å². The summed E-state index contributed by atoms with van der Waals surface area (Å²) in [5.41, 5.74) is 16.4. The van der Waals surface area contributed by atoms with E-state index in [-0.39, 0.29) is 31.4 Å². The van der Waals surface area contributed by atoms with Gasteiger partial charge in [-0.1, -0.05) is 78.2 Å². The van der Waals surface area contributed by atoms with Crippen LogP contribution in [0.3, 0.4) is 0 Å². The van der Waals surface area contributed by atoms with E-state index in [2.05, 4.69) is 9.98 Å². The third-order valence-corrected chi connectivity index (χ3v) is 6.64. The second-order valence-electron chi connectivity index (χ2n) is 9.45. The number of benzene rings is 3. The van der Waals surface area contributed by atoms with E-state index in [1.807, 2.05) is 91.0 Å². The highest BCUT2D eigenvalue weighted by atomic mass is 16.7. The summed E-state index contributed by atoms with van der Waals surface area (Å²) in [6.07, 6.45) is 2.20. The van der Waals surface area contributed by atoms with Gasteiger partial charge >= 0.3 is 0 Å². The molecule has 41 heavy (non-hydrogen) atoms. The van der Waals surface area contributed by atoms with E-state index in [1.54, 1.807) is 11.6 Å². The van der Waals surface area contributed by atoms with Crippen molar-refractivity contribution in [2.45, 2.75) is 31.3 Å². The molecule has 4 rings (SSSR count). The van der Waals surface area contributed by atoms with Crippen molar-refractivity contribution in [2.24, 2.45) is 16.5 Å². The molecule has 2 amide bonds. The standard InChI is InChI=1S/C30H31N7O4/c31-28(38)26(14-8-18-34-30(32)35-37(40)41)36(20-21-15-16-25-24(19-21)13-7-17-33-25)29(39)27(22-9-3-1-4-10-22)23-11-5-2-6-12-23/h1-7,9-13,15-17,19,26-27H,8,14,18,20H2,(H2,31,38)(H3,32,34,35)/t26-/m1/s1.